The minimum atomic E-state index is -0.451. The lowest BCUT2D eigenvalue weighted by Crippen LogP contribution is -2.37. The predicted octanol–water partition coefficient (Wildman–Crippen LogP) is 3.41. The molecule has 0 aliphatic heterocycles. The molecule has 1 atom stereocenters. The lowest BCUT2D eigenvalue weighted by atomic mass is 10.2. The van der Waals surface area contributed by atoms with Crippen LogP contribution in [0, 0.1) is 18.3 Å². The molecule has 0 saturated heterocycles. The number of tetrazole rings is 1. The maximum atomic E-state index is 13.2. The third-order valence-corrected chi connectivity index (χ3v) is 5.47. The van der Waals surface area contributed by atoms with E-state index in [0.29, 0.717) is 11.7 Å². The summed E-state index contributed by atoms with van der Waals surface area (Å²) in [5.41, 5.74) is 2.64. The molecule has 9 heteroatoms. The first-order valence-electron chi connectivity index (χ1n) is 9.38. The minimum absolute atomic E-state index is 0.108. The van der Waals surface area contributed by atoms with Gasteiger partial charge in [0.05, 0.1) is 30.5 Å². The standard InChI is InChI=1S/C21H22N6O2S/c1-15-5-7-17(8-6-15)26(14-4-13-22)20(28)16(2)30-21-23-24-25-27(21)18-9-11-19(29-3)12-10-18/h5-12,16H,4,14H2,1-3H3. The average Bonchev–Trinajstić information content (AvgIpc) is 3.23. The molecule has 0 aliphatic rings. The topological polar surface area (TPSA) is 96.9 Å². The van der Waals surface area contributed by atoms with Gasteiger partial charge in [0, 0.05) is 12.2 Å². The molecule has 3 aromatic rings. The molecular weight excluding hydrogens is 400 g/mol. The van der Waals surface area contributed by atoms with Crippen LogP contribution in [-0.4, -0.2) is 45.0 Å². The van der Waals surface area contributed by atoms with Crippen molar-refractivity contribution in [1.82, 2.24) is 20.2 Å². The van der Waals surface area contributed by atoms with Gasteiger partial charge >= 0.3 is 0 Å². The number of thioether (sulfide) groups is 1. The van der Waals surface area contributed by atoms with Crippen molar-refractivity contribution in [2.45, 2.75) is 30.7 Å². The van der Waals surface area contributed by atoms with Crippen LogP contribution in [0.25, 0.3) is 5.69 Å². The van der Waals surface area contributed by atoms with Gasteiger partial charge in [0.2, 0.25) is 11.1 Å². The molecule has 0 bridgehead atoms. The zero-order valence-electron chi connectivity index (χ0n) is 17.0. The summed E-state index contributed by atoms with van der Waals surface area (Å²) in [6, 6.07) is 17.1. The molecule has 3 rings (SSSR count). The number of methoxy groups -OCH3 is 1. The number of carbonyl (C=O) groups is 1. The number of carbonyl (C=O) groups excluding carboxylic acids is 1. The van der Waals surface area contributed by atoms with Crippen LogP contribution in [0.5, 0.6) is 5.75 Å². The van der Waals surface area contributed by atoms with Crippen molar-refractivity contribution in [3.05, 3.63) is 54.1 Å². The second-order valence-electron chi connectivity index (χ2n) is 6.56. The molecule has 2 aromatic carbocycles. The van der Waals surface area contributed by atoms with Crippen LogP contribution in [0.2, 0.25) is 0 Å². The summed E-state index contributed by atoms with van der Waals surface area (Å²) in [6.45, 7) is 4.13. The number of aromatic nitrogens is 4. The Kier molecular flexibility index (Phi) is 7.03. The van der Waals surface area contributed by atoms with E-state index >= 15 is 0 Å². The highest BCUT2D eigenvalue weighted by Crippen LogP contribution is 2.27. The van der Waals surface area contributed by atoms with Crippen LogP contribution >= 0.6 is 11.8 Å². The smallest absolute Gasteiger partial charge is 0.240 e. The van der Waals surface area contributed by atoms with Gasteiger partial charge < -0.3 is 9.64 Å². The van der Waals surface area contributed by atoms with Crippen LogP contribution in [0.3, 0.4) is 0 Å². The zero-order valence-corrected chi connectivity index (χ0v) is 17.8. The number of hydrogen-bond acceptors (Lipinski definition) is 7. The lowest BCUT2D eigenvalue weighted by molar-refractivity contribution is -0.117. The average molecular weight is 423 g/mol. The summed E-state index contributed by atoms with van der Waals surface area (Å²) < 4.78 is 6.76. The van der Waals surface area contributed by atoms with Crippen LogP contribution in [-0.2, 0) is 4.79 Å². The molecule has 0 radical (unpaired) electrons. The number of amides is 1. The fourth-order valence-corrected chi connectivity index (χ4v) is 3.69. The number of benzene rings is 2. The third-order valence-electron chi connectivity index (χ3n) is 4.45. The quantitative estimate of drug-likeness (QED) is 0.513. The van der Waals surface area contributed by atoms with Gasteiger partial charge in [0.15, 0.2) is 0 Å². The zero-order chi connectivity index (χ0) is 21.5. The number of ether oxygens (including phenoxy) is 1. The van der Waals surface area contributed by atoms with E-state index in [4.69, 9.17) is 10.00 Å². The fraction of sp³-hybridized carbons (Fsp3) is 0.286. The Morgan fingerprint density at radius 2 is 1.93 bits per heavy atom. The highest BCUT2D eigenvalue weighted by Gasteiger charge is 2.25. The number of nitrogens with zero attached hydrogens (tertiary/aromatic N) is 6. The lowest BCUT2D eigenvalue weighted by Gasteiger charge is -2.25. The molecule has 8 nitrogen and oxygen atoms in total. The molecule has 0 saturated carbocycles. The maximum absolute atomic E-state index is 13.2. The van der Waals surface area contributed by atoms with E-state index in [9.17, 15) is 4.79 Å². The molecule has 154 valence electrons. The second kappa shape index (κ2) is 9.89. The first kappa shape index (κ1) is 21.3. The molecule has 0 N–H and O–H groups in total. The van der Waals surface area contributed by atoms with E-state index in [2.05, 4.69) is 21.6 Å². The van der Waals surface area contributed by atoms with Crippen LogP contribution in [0.1, 0.15) is 18.9 Å². The van der Waals surface area contributed by atoms with Gasteiger partial charge in [-0.2, -0.15) is 9.94 Å². The first-order valence-corrected chi connectivity index (χ1v) is 10.3. The summed E-state index contributed by atoms with van der Waals surface area (Å²) in [5.74, 6) is 0.624. The van der Waals surface area contributed by atoms with Crippen LogP contribution < -0.4 is 9.64 Å². The van der Waals surface area contributed by atoms with E-state index < -0.39 is 5.25 Å². The van der Waals surface area contributed by atoms with Crippen molar-refractivity contribution in [2.75, 3.05) is 18.6 Å². The molecule has 1 aromatic heterocycles. The Morgan fingerprint density at radius 3 is 2.57 bits per heavy atom. The van der Waals surface area contributed by atoms with E-state index in [1.54, 1.807) is 16.7 Å². The normalized spacial score (nSPS) is 11.5. The van der Waals surface area contributed by atoms with Crippen molar-refractivity contribution in [2.24, 2.45) is 0 Å². The summed E-state index contributed by atoms with van der Waals surface area (Å²) >= 11 is 1.27. The van der Waals surface area contributed by atoms with Crippen LogP contribution in [0.4, 0.5) is 5.69 Å². The largest absolute Gasteiger partial charge is 0.497 e. The second-order valence-corrected chi connectivity index (χ2v) is 7.87. The van der Waals surface area contributed by atoms with Gasteiger partial charge in [-0.05, 0) is 60.7 Å². The monoisotopic (exact) mass is 422 g/mol. The number of anilines is 1. The Labute approximate surface area is 179 Å². The summed E-state index contributed by atoms with van der Waals surface area (Å²) in [5, 5.41) is 20.9. The molecule has 0 spiro atoms. The molecule has 30 heavy (non-hydrogen) atoms. The molecular formula is C21H22N6O2S. The van der Waals surface area contributed by atoms with E-state index in [1.165, 1.54) is 11.8 Å². The van der Waals surface area contributed by atoms with Gasteiger partial charge in [-0.3, -0.25) is 4.79 Å². The Bertz CT molecular complexity index is 1030. The van der Waals surface area contributed by atoms with E-state index in [-0.39, 0.29) is 12.3 Å². The molecule has 1 unspecified atom stereocenters. The molecule has 1 heterocycles. The number of nitriles is 1. The number of hydrogen-bond donors (Lipinski definition) is 0. The highest BCUT2D eigenvalue weighted by atomic mass is 32.2. The van der Waals surface area contributed by atoms with Crippen molar-refractivity contribution in [3.63, 3.8) is 0 Å². The van der Waals surface area contributed by atoms with Gasteiger partial charge in [0.1, 0.15) is 5.75 Å². The Hall–Kier alpha value is -3.38. The van der Waals surface area contributed by atoms with Gasteiger partial charge in [-0.25, -0.2) is 0 Å². The van der Waals surface area contributed by atoms with E-state index in [1.807, 2.05) is 62.4 Å². The van der Waals surface area contributed by atoms with Gasteiger partial charge in [-0.15, -0.1) is 5.10 Å². The SMILES string of the molecule is COc1ccc(-n2nnnc2SC(C)C(=O)N(CCC#N)c2ccc(C)cc2)cc1. The molecule has 0 aliphatic carbocycles. The number of aryl methyl sites for hydroxylation is 1. The summed E-state index contributed by atoms with van der Waals surface area (Å²) in [6.07, 6.45) is 0.251. The Morgan fingerprint density at radius 1 is 1.23 bits per heavy atom. The fourth-order valence-electron chi connectivity index (χ4n) is 2.82. The number of rotatable bonds is 8. The van der Waals surface area contributed by atoms with Crippen molar-refractivity contribution < 1.29 is 9.53 Å². The molecule has 0 fully saturated rings. The van der Waals surface area contributed by atoms with Crippen molar-refractivity contribution in [3.8, 4) is 17.5 Å². The third kappa shape index (κ3) is 4.96. The van der Waals surface area contributed by atoms with Gasteiger partial charge in [0.25, 0.3) is 0 Å². The maximum Gasteiger partial charge on any atom is 0.240 e. The Balaban J connectivity index is 1.79. The highest BCUT2D eigenvalue weighted by molar-refractivity contribution is 8.00. The first-order chi connectivity index (χ1) is 14.5. The summed E-state index contributed by atoms with van der Waals surface area (Å²) in [7, 11) is 1.60. The van der Waals surface area contributed by atoms with E-state index in [0.717, 1.165) is 22.7 Å². The van der Waals surface area contributed by atoms with Crippen molar-refractivity contribution >= 4 is 23.4 Å². The van der Waals surface area contributed by atoms with Crippen LogP contribution in [0.15, 0.2) is 53.7 Å². The predicted molar refractivity (Wildman–Crippen MR) is 115 cm³/mol. The van der Waals surface area contributed by atoms with Gasteiger partial charge in [-0.1, -0.05) is 29.5 Å². The minimum Gasteiger partial charge on any atom is -0.497 e. The molecule has 1 amide bonds. The van der Waals surface area contributed by atoms with Crippen molar-refractivity contribution in [1.29, 1.82) is 5.26 Å². The summed E-state index contributed by atoms with van der Waals surface area (Å²) in [4.78, 5) is 14.8.